The Hall–Kier alpha value is -1.85. The molecule has 6 heteroatoms. The molecule has 2 aromatic carbocycles. The Morgan fingerprint density at radius 1 is 1.07 bits per heavy atom. The number of halogens is 1. The van der Waals surface area contributed by atoms with Gasteiger partial charge in [-0.3, -0.25) is 4.79 Å². The molecule has 150 valence electrons. The fourth-order valence-electron chi connectivity index (χ4n) is 3.45. The van der Waals surface area contributed by atoms with E-state index in [2.05, 4.69) is 20.8 Å². The smallest absolute Gasteiger partial charge is 0.254 e. The van der Waals surface area contributed by atoms with Crippen LogP contribution in [0.4, 0.5) is 0 Å². The fraction of sp³-hybridized carbons (Fsp3) is 0.409. The van der Waals surface area contributed by atoms with E-state index in [9.17, 15) is 13.2 Å². The fourth-order valence-corrected chi connectivity index (χ4v) is 5.31. The van der Waals surface area contributed by atoms with Crippen LogP contribution in [0.2, 0.25) is 5.02 Å². The summed E-state index contributed by atoms with van der Waals surface area (Å²) < 4.78 is 24.0. The minimum absolute atomic E-state index is 0.00407. The van der Waals surface area contributed by atoms with Crippen molar-refractivity contribution < 1.29 is 13.2 Å². The molecule has 4 nitrogen and oxygen atoms in total. The van der Waals surface area contributed by atoms with E-state index in [1.54, 1.807) is 17.0 Å². The van der Waals surface area contributed by atoms with E-state index in [1.807, 2.05) is 36.4 Å². The van der Waals surface area contributed by atoms with Crippen molar-refractivity contribution in [3.05, 3.63) is 70.2 Å². The second-order valence-electron chi connectivity index (χ2n) is 8.44. The van der Waals surface area contributed by atoms with Gasteiger partial charge in [0.2, 0.25) is 0 Å². The highest BCUT2D eigenvalue weighted by atomic mass is 35.5. The van der Waals surface area contributed by atoms with Crippen LogP contribution in [0, 0.1) is 0 Å². The van der Waals surface area contributed by atoms with Gasteiger partial charge in [-0.1, -0.05) is 56.6 Å². The number of hydrogen-bond acceptors (Lipinski definition) is 3. The molecular formula is C22H26ClNO3S. The first-order valence-electron chi connectivity index (χ1n) is 9.41. The first-order valence-corrected chi connectivity index (χ1v) is 11.6. The summed E-state index contributed by atoms with van der Waals surface area (Å²) in [4.78, 5) is 15.0. The average molecular weight is 420 g/mol. The van der Waals surface area contributed by atoms with Gasteiger partial charge < -0.3 is 4.90 Å². The molecule has 1 fully saturated rings. The largest absolute Gasteiger partial charge is 0.330 e. The normalized spacial score (nSPS) is 18.8. The van der Waals surface area contributed by atoms with Gasteiger partial charge >= 0.3 is 0 Å². The molecule has 2 aromatic rings. The van der Waals surface area contributed by atoms with Crippen molar-refractivity contribution in [1.29, 1.82) is 0 Å². The van der Waals surface area contributed by atoms with E-state index >= 15 is 0 Å². The Morgan fingerprint density at radius 3 is 2.18 bits per heavy atom. The number of amides is 1. The summed E-state index contributed by atoms with van der Waals surface area (Å²) in [6.07, 6.45) is 0.474. The SMILES string of the molecule is CC(C)(C)c1ccc(C(=O)N(Cc2ccc(Cl)cc2)[C@@H]2CCS(=O)(=O)C2)cc1. The second kappa shape index (κ2) is 7.88. The number of rotatable bonds is 4. The van der Waals surface area contributed by atoms with Crippen molar-refractivity contribution in [1.82, 2.24) is 4.90 Å². The summed E-state index contributed by atoms with van der Waals surface area (Å²) in [5, 5.41) is 0.628. The third-order valence-electron chi connectivity index (χ3n) is 5.17. The molecule has 0 bridgehead atoms. The van der Waals surface area contributed by atoms with Crippen LogP contribution >= 0.6 is 11.6 Å². The molecule has 0 aromatic heterocycles. The lowest BCUT2D eigenvalue weighted by atomic mass is 9.86. The Labute approximate surface area is 172 Å². The maximum atomic E-state index is 13.3. The summed E-state index contributed by atoms with van der Waals surface area (Å²) in [5.41, 5.74) is 2.65. The van der Waals surface area contributed by atoms with Crippen molar-refractivity contribution in [2.75, 3.05) is 11.5 Å². The zero-order valence-electron chi connectivity index (χ0n) is 16.5. The molecule has 1 heterocycles. The zero-order valence-corrected chi connectivity index (χ0v) is 18.1. The summed E-state index contributed by atoms with van der Waals surface area (Å²) in [5.74, 6) is 0.00903. The molecule has 1 atom stereocenters. The van der Waals surface area contributed by atoms with Gasteiger partial charge in [0.25, 0.3) is 5.91 Å². The van der Waals surface area contributed by atoms with Crippen molar-refractivity contribution in [3.8, 4) is 0 Å². The molecular weight excluding hydrogens is 394 g/mol. The molecule has 0 unspecified atom stereocenters. The molecule has 0 aliphatic carbocycles. The van der Waals surface area contributed by atoms with Gasteiger partial charge in [-0.2, -0.15) is 0 Å². The van der Waals surface area contributed by atoms with E-state index in [-0.39, 0.29) is 28.9 Å². The first kappa shape index (κ1) is 20.9. The third kappa shape index (κ3) is 4.95. The third-order valence-corrected chi connectivity index (χ3v) is 7.18. The standard InChI is InChI=1S/C22H26ClNO3S/c1-22(2,3)18-8-6-17(7-9-18)21(25)24(20-12-13-28(26,27)15-20)14-16-4-10-19(23)11-5-16/h4-11,20H,12-15H2,1-3H3/t20-/m1/s1. The molecule has 0 saturated carbocycles. The van der Waals surface area contributed by atoms with Gasteiger partial charge in [-0.25, -0.2) is 8.42 Å². The number of hydrogen-bond donors (Lipinski definition) is 0. The van der Waals surface area contributed by atoms with Gasteiger partial charge in [0.15, 0.2) is 9.84 Å². The number of nitrogens with zero attached hydrogens (tertiary/aromatic N) is 1. The van der Waals surface area contributed by atoms with Gasteiger partial charge in [0.1, 0.15) is 0 Å². The van der Waals surface area contributed by atoms with Crippen molar-refractivity contribution in [3.63, 3.8) is 0 Å². The molecule has 3 rings (SSSR count). The Bertz CT molecular complexity index is 945. The van der Waals surface area contributed by atoms with E-state index in [4.69, 9.17) is 11.6 Å². The Morgan fingerprint density at radius 2 is 1.68 bits per heavy atom. The van der Waals surface area contributed by atoms with Gasteiger partial charge in [-0.15, -0.1) is 0 Å². The van der Waals surface area contributed by atoms with E-state index in [0.717, 1.165) is 11.1 Å². The predicted molar refractivity (Wildman–Crippen MR) is 114 cm³/mol. The molecule has 0 spiro atoms. The molecule has 28 heavy (non-hydrogen) atoms. The van der Waals surface area contributed by atoms with Crippen LogP contribution in [0.3, 0.4) is 0 Å². The van der Waals surface area contributed by atoms with E-state index < -0.39 is 9.84 Å². The lowest BCUT2D eigenvalue weighted by molar-refractivity contribution is 0.0681. The Balaban J connectivity index is 1.89. The van der Waals surface area contributed by atoms with Crippen LogP contribution in [0.1, 0.15) is 48.7 Å². The van der Waals surface area contributed by atoms with Crippen molar-refractivity contribution in [2.45, 2.75) is 45.2 Å². The molecule has 0 radical (unpaired) electrons. The highest BCUT2D eigenvalue weighted by Crippen LogP contribution is 2.25. The molecule has 1 aliphatic heterocycles. The summed E-state index contributed by atoms with van der Waals surface area (Å²) in [7, 11) is -3.10. The van der Waals surface area contributed by atoms with Gasteiger partial charge in [0.05, 0.1) is 11.5 Å². The molecule has 0 N–H and O–H groups in total. The van der Waals surface area contributed by atoms with Gasteiger partial charge in [-0.05, 0) is 47.2 Å². The molecule has 1 saturated heterocycles. The van der Waals surface area contributed by atoms with E-state index in [0.29, 0.717) is 23.6 Å². The Kier molecular flexibility index (Phi) is 5.87. The van der Waals surface area contributed by atoms with Crippen LogP contribution in [-0.2, 0) is 21.8 Å². The van der Waals surface area contributed by atoms with Crippen LogP contribution in [0.5, 0.6) is 0 Å². The van der Waals surface area contributed by atoms with Crippen LogP contribution < -0.4 is 0 Å². The maximum absolute atomic E-state index is 13.3. The topological polar surface area (TPSA) is 54.5 Å². The summed E-state index contributed by atoms with van der Waals surface area (Å²) in [6, 6.07) is 14.6. The number of sulfone groups is 1. The lowest BCUT2D eigenvalue weighted by Crippen LogP contribution is -2.40. The van der Waals surface area contributed by atoms with Crippen molar-refractivity contribution in [2.24, 2.45) is 0 Å². The van der Waals surface area contributed by atoms with Crippen LogP contribution in [-0.4, -0.2) is 36.8 Å². The van der Waals surface area contributed by atoms with Crippen molar-refractivity contribution >= 4 is 27.3 Å². The van der Waals surface area contributed by atoms with Crippen LogP contribution in [0.15, 0.2) is 48.5 Å². The highest BCUT2D eigenvalue weighted by molar-refractivity contribution is 7.91. The first-order chi connectivity index (χ1) is 13.0. The maximum Gasteiger partial charge on any atom is 0.254 e. The van der Waals surface area contributed by atoms with Gasteiger partial charge in [0, 0.05) is 23.2 Å². The van der Waals surface area contributed by atoms with E-state index in [1.165, 1.54) is 0 Å². The highest BCUT2D eigenvalue weighted by Gasteiger charge is 2.35. The zero-order chi connectivity index (χ0) is 20.5. The average Bonchev–Trinajstić information content (AvgIpc) is 2.99. The molecule has 1 amide bonds. The lowest BCUT2D eigenvalue weighted by Gasteiger charge is -2.29. The molecule has 1 aliphatic rings. The summed E-state index contributed by atoms with van der Waals surface area (Å²) >= 11 is 5.96. The number of carbonyl (C=O) groups is 1. The van der Waals surface area contributed by atoms with Crippen LogP contribution in [0.25, 0.3) is 0 Å². The second-order valence-corrected chi connectivity index (χ2v) is 11.1. The summed E-state index contributed by atoms with van der Waals surface area (Å²) in [6.45, 7) is 6.73. The quantitative estimate of drug-likeness (QED) is 0.734. The predicted octanol–water partition coefficient (Wildman–Crippen LogP) is 4.47. The minimum atomic E-state index is -3.10. The minimum Gasteiger partial charge on any atom is -0.330 e. The number of carbonyl (C=O) groups excluding carboxylic acids is 1. The monoisotopic (exact) mass is 419 g/mol. The number of benzene rings is 2.